The Bertz CT molecular complexity index is 764. The van der Waals surface area contributed by atoms with Gasteiger partial charge >= 0.3 is 0 Å². The molecule has 118 valence electrons. The van der Waals surface area contributed by atoms with Gasteiger partial charge in [0.25, 0.3) is 0 Å². The number of anilines is 2. The van der Waals surface area contributed by atoms with E-state index in [9.17, 15) is 0 Å². The molecule has 0 aliphatic carbocycles. The second-order valence-corrected chi connectivity index (χ2v) is 6.10. The summed E-state index contributed by atoms with van der Waals surface area (Å²) >= 11 is 0. The predicted octanol–water partition coefficient (Wildman–Crippen LogP) is 3.76. The number of ether oxygens (including phenoxy) is 1. The van der Waals surface area contributed by atoms with E-state index in [1.165, 1.54) is 0 Å². The average Bonchev–Trinajstić information content (AvgIpc) is 2.43. The minimum Gasteiger partial charge on any atom is -0.474 e. The Labute approximate surface area is 137 Å². The molecule has 0 aliphatic heterocycles. The monoisotopic (exact) mass is 307 g/mol. The Morgan fingerprint density at radius 3 is 2.61 bits per heavy atom. The summed E-state index contributed by atoms with van der Waals surface area (Å²) < 4.78 is 5.64. The van der Waals surface area contributed by atoms with Gasteiger partial charge in [-0.1, -0.05) is 17.9 Å². The van der Waals surface area contributed by atoms with Gasteiger partial charge in [-0.05, 0) is 51.6 Å². The second-order valence-electron chi connectivity index (χ2n) is 6.10. The zero-order valence-corrected chi connectivity index (χ0v) is 13.7. The number of aromatic nitrogens is 1. The van der Waals surface area contributed by atoms with Crippen LogP contribution in [0.25, 0.3) is 0 Å². The lowest BCUT2D eigenvalue weighted by Gasteiger charge is -2.23. The van der Waals surface area contributed by atoms with Crippen LogP contribution < -0.4 is 11.1 Å². The first-order valence-corrected chi connectivity index (χ1v) is 7.29. The summed E-state index contributed by atoms with van der Waals surface area (Å²) in [7, 11) is 0. The molecule has 0 fully saturated rings. The lowest BCUT2D eigenvalue weighted by molar-refractivity contribution is 0.0565. The van der Waals surface area contributed by atoms with E-state index in [1.54, 1.807) is 12.4 Å². The molecule has 2 aromatic rings. The van der Waals surface area contributed by atoms with E-state index in [2.05, 4.69) is 28.7 Å². The van der Waals surface area contributed by atoms with Gasteiger partial charge in [-0.25, -0.2) is 0 Å². The van der Waals surface area contributed by atoms with Gasteiger partial charge in [0.1, 0.15) is 5.60 Å². The molecule has 3 N–H and O–H groups in total. The highest BCUT2D eigenvalue weighted by atomic mass is 16.5. The molecule has 1 heterocycles. The maximum Gasteiger partial charge on any atom is 0.184 e. The molecule has 1 aromatic heterocycles. The van der Waals surface area contributed by atoms with Gasteiger partial charge in [0.05, 0.1) is 11.9 Å². The normalized spacial score (nSPS) is 10.4. The lowest BCUT2D eigenvalue weighted by atomic mass is 10.2. The van der Waals surface area contributed by atoms with Crippen LogP contribution in [0.1, 0.15) is 31.9 Å². The number of hydrogen-bond donors (Lipinski definition) is 2. The van der Waals surface area contributed by atoms with E-state index >= 15 is 0 Å². The summed E-state index contributed by atoms with van der Waals surface area (Å²) in [5.41, 5.74) is 8.57. The molecule has 0 spiro atoms. The minimum absolute atomic E-state index is 0.303. The first kappa shape index (κ1) is 16.4. The molecule has 0 saturated heterocycles. The van der Waals surface area contributed by atoms with Crippen molar-refractivity contribution in [3.63, 3.8) is 0 Å². The molecule has 1 aromatic carbocycles. The number of nitrogens with two attached hydrogens (primary N) is 1. The molecular weight excluding hydrogens is 286 g/mol. The zero-order valence-electron chi connectivity index (χ0n) is 13.7. The van der Waals surface area contributed by atoms with Crippen LogP contribution in [0.2, 0.25) is 0 Å². The maximum absolute atomic E-state index is 5.74. The Morgan fingerprint density at radius 1 is 1.17 bits per heavy atom. The molecule has 4 nitrogen and oxygen atoms in total. The fourth-order valence-corrected chi connectivity index (χ4v) is 1.89. The SMILES string of the molecule is C=C(Nc1cncc(C#Cc2cccc(N)c2)c1)OC(C)(C)C. The zero-order chi connectivity index (χ0) is 16.9. The van der Waals surface area contributed by atoms with E-state index in [-0.39, 0.29) is 5.60 Å². The standard InChI is InChI=1S/C19H21N3O/c1-14(23-19(2,3)4)22-18-11-16(12-21-13-18)9-8-15-6-5-7-17(20)10-15/h5-7,10-13,22H,1,20H2,2-4H3. The van der Waals surface area contributed by atoms with Gasteiger partial charge in [-0.15, -0.1) is 0 Å². The van der Waals surface area contributed by atoms with E-state index in [4.69, 9.17) is 10.5 Å². The van der Waals surface area contributed by atoms with Crippen molar-refractivity contribution < 1.29 is 4.74 Å². The Balaban J connectivity index is 2.10. The molecule has 23 heavy (non-hydrogen) atoms. The summed E-state index contributed by atoms with van der Waals surface area (Å²) in [6.45, 7) is 9.75. The number of rotatable bonds is 3. The molecule has 4 heteroatoms. The highest BCUT2D eigenvalue weighted by Crippen LogP contribution is 2.16. The van der Waals surface area contributed by atoms with Crippen LogP contribution in [-0.2, 0) is 4.74 Å². The van der Waals surface area contributed by atoms with Crippen LogP contribution in [0.3, 0.4) is 0 Å². The third-order valence-corrected chi connectivity index (χ3v) is 2.69. The van der Waals surface area contributed by atoms with Crippen molar-refractivity contribution in [3.8, 4) is 11.8 Å². The van der Waals surface area contributed by atoms with E-state index < -0.39 is 0 Å². The third-order valence-electron chi connectivity index (χ3n) is 2.69. The van der Waals surface area contributed by atoms with E-state index in [0.29, 0.717) is 11.6 Å². The van der Waals surface area contributed by atoms with Crippen molar-refractivity contribution >= 4 is 11.4 Å². The summed E-state index contributed by atoms with van der Waals surface area (Å²) in [5, 5.41) is 3.08. The molecule has 2 rings (SSSR count). The second kappa shape index (κ2) is 6.89. The van der Waals surface area contributed by atoms with Crippen molar-refractivity contribution in [3.05, 3.63) is 66.3 Å². The number of nitrogens with zero attached hydrogens (tertiary/aromatic N) is 1. The smallest absolute Gasteiger partial charge is 0.184 e. The van der Waals surface area contributed by atoms with Crippen molar-refractivity contribution in [1.29, 1.82) is 0 Å². The Kier molecular flexibility index (Phi) is 4.92. The highest BCUT2D eigenvalue weighted by Gasteiger charge is 2.12. The number of benzene rings is 1. The van der Waals surface area contributed by atoms with Gasteiger partial charge in [-0.2, -0.15) is 0 Å². The predicted molar refractivity (Wildman–Crippen MR) is 94.7 cm³/mol. The first-order chi connectivity index (χ1) is 10.8. The fraction of sp³-hybridized carbons (Fsp3) is 0.211. The van der Waals surface area contributed by atoms with Crippen LogP contribution >= 0.6 is 0 Å². The third kappa shape index (κ3) is 5.76. The number of pyridine rings is 1. The molecule has 0 aliphatic rings. The van der Waals surface area contributed by atoms with Crippen LogP contribution in [0.15, 0.2) is 55.2 Å². The van der Waals surface area contributed by atoms with Crippen LogP contribution in [-0.4, -0.2) is 10.6 Å². The summed E-state index contributed by atoms with van der Waals surface area (Å²) in [6.07, 6.45) is 3.40. The van der Waals surface area contributed by atoms with Crippen LogP contribution in [0.4, 0.5) is 11.4 Å². The van der Waals surface area contributed by atoms with Crippen molar-refractivity contribution in [2.24, 2.45) is 0 Å². The molecule has 0 atom stereocenters. The molecule has 0 unspecified atom stereocenters. The van der Waals surface area contributed by atoms with Crippen LogP contribution in [0.5, 0.6) is 0 Å². The van der Waals surface area contributed by atoms with E-state index in [0.717, 1.165) is 16.8 Å². The van der Waals surface area contributed by atoms with Gasteiger partial charge in [0, 0.05) is 23.0 Å². The molecule has 0 bridgehead atoms. The fourth-order valence-electron chi connectivity index (χ4n) is 1.89. The van der Waals surface area contributed by atoms with Crippen molar-refractivity contribution in [2.75, 3.05) is 11.1 Å². The van der Waals surface area contributed by atoms with Gasteiger partial charge < -0.3 is 15.8 Å². The van der Waals surface area contributed by atoms with Gasteiger partial charge in [-0.3, -0.25) is 4.98 Å². The molecular formula is C19H21N3O. The molecule has 0 amide bonds. The van der Waals surface area contributed by atoms with Crippen LogP contribution in [0, 0.1) is 11.8 Å². The summed E-state index contributed by atoms with van der Waals surface area (Å²) in [5.74, 6) is 6.61. The summed E-state index contributed by atoms with van der Waals surface area (Å²) in [4.78, 5) is 4.18. The van der Waals surface area contributed by atoms with Gasteiger partial charge in [0.15, 0.2) is 5.88 Å². The Morgan fingerprint density at radius 2 is 1.91 bits per heavy atom. The number of nitrogen functional groups attached to an aromatic ring is 1. The molecule has 0 saturated carbocycles. The summed E-state index contributed by atoms with van der Waals surface area (Å²) in [6, 6.07) is 9.35. The largest absolute Gasteiger partial charge is 0.474 e. The Hall–Kier alpha value is -2.93. The van der Waals surface area contributed by atoms with Crippen molar-refractivity contribution in [2.45, 2.75) is 26.4 Å². The number of hydrogen-bond acceptors (Lipinski definition) is 4. The number of nitrogens with one attached hydrogen (secondary N) is 1. The quantitative estimate of drug-likeness (QED) is 0.515. The first-order valence-electron chi connectivity index (χ1n) is 7.29. The highest BCUT2D eigenvalue weighted by molar-refractivity contribution is 5.53. The van der Waals surface area contributed by atoms with E-state index in [1.807, 2.05) is 51.1 Å². The average molecular weight is 307 g/mol. The van der Waals surface area contributed by atoms with Gasteiger partial charge in [0.2, 0.25) is 0 Å². The maximum atomic E-state index is 5.74. The molecule has 0 radical (unpaired) electrons. The minimum atomic E-state index is -0.303. The van der Waals surface area contributed by atoms with Crippen molar-refractivity contribution in [1.82, 2.24) is 4.98 Å². The topological polar surface area (TPSA) is 60.2 Å². The lowest BCUT2D eigenvalue weighted by Crippen LogP contribution is -2.21.